The van der Waals surface area contributed by atoms with Gasteiger partial charge in [0.15, 0.2) is 0 Å². The van der Waals surface area contributed by atoms with Gasteiger partial charge in [0, 0.05) is 46.2 Å². The second-order valence-corrected chi connectivity index (χ2v) is 8.09. The second kappa shape index (κ2) is 4.72. The average Bonchev–Trinajstić information content (AvgIpc) is 3.03. The Labute approximate surface area is 126 Å². The molecule has 0 saturated heterocycles. The van der Waals surface area contributed by atoms with E-state index in [0.717, 1.165) is 12.8 Å². The van der Waals surface area contributed by atoms with Crippen molar-refractivity contribution in [2.75, 3.05) is 0 Å². The van der Waals surface area contributed by atoms with Crippen molar-refractivity contribution in [2.45, 2.75) is 30.7 Å². The predicted octanol–water partition coefficient (Wildman–Crippen LogP) is 3.40. The molecule has 1 heterocycles. The molecule has 1 aliphatic carbocycles. The van der Waals surface area contributed by atoms with Gasteiger partial charge in [-0.25, -0.2) is 12.8 Å². The smallest absolute Gasteiger partial charge is 0.263 e. The van der Waals surface area contributed by atoms with Gasteiger partial charge in [0.2, 0.25) is 0 Å². The topological polar surface area (TPSA) is 62.9 Å². The molecule has 0 spiro atoms. The van der Waals surface area contributed by atoms with E-state index >= 15 is 0 Å². The van der Waals surface area contributed by atoms with E-state index in [0.29, 0.717) is 18.5 Å². The Bertz CT molecular complexity index is 863. The van der Waals surface area contributed by atoms with Crippen LogP contribution in [0.3, 0.4) is 0 Å². The Morgan fingerprint density at radius 1 is 1.43 bits per heavy atom. The maximum absolute atomic E-state index is 13.4. The fourth-order valence-corrected chi connectivity index (χ4v) is 3.71. The fourth-order valence-electron chi connectivity index (χ4n) is 2.66. The molecular weight excluding hydrogens is 315 g/mol. The normalized spacial score (nSPS) is 16.8. The van der Waals surface area contributed by atoms with E-state index in [1.807, 2.05) is 0 Å². The number of halogens is 2. The molecular formula is C14H12ClFN2O2S. The van der Waals surface area contributed by atoms with E-state index in [1.165, 1.54) is 18.3 Å². The maximum Gasteiger partial charge on any atom is 0.263 e. The highest BCUT2D eigenvalue weighted by atomic mass is 35.7. The van der Waals surface area contributed by atoms with Gasteiger partial charge >= 0.3 is 0 Å². The number of rotatable bonds is 4. The lowest BCUT2D eigenvalue weighted by atomic mass is 10.0. The van der Waals surface area contributed by atoms with E-state index in [9.17, 15) is 12.8 Å². The number of fused-ring (bicyclic) bond motifs is 1. The molecule has 0 amide bonds. The minimum atomic E-state index is -3.95. The second-order valence-electron chi connectivity index (χ2n) is 5.56. The highest BCUT2D eigenvalue weighted by molar-refractivity contribution is 8.14. The minimum Gasteiger partial charge on any atom is -0.345 e. The molecule has 1 aromatic carbocycles. The third kappa shape index (κ3) is 2.63. The largest absolute Gasteiger partial charge is 0.345 e. The van der Waals surface area contributed by atoms with Crippen LogP contribution in [0.2, 0.25) is 0 Å². The van der Waals surface area contributed by atoms with E-state index in [2.05, 4.69) is 6.07 Å². The Balaban J connectivity index is 2.14. The van der Waals surface area contributed by atoms with Crippen molar-refractivity contribution < 1.29 is 12.8 Å². The summed E-state index contributed by atoms with van der Waals surface area (Å²) in [7, 11) is 1.48. The third-order valence-electron chi connectivity index (χ3n) is 3.99. The van der Waals surface area contributed by atoms with Crippen molar-refractivity contribution >= 4 is 30.6 Å². The van der Waals surface area contributed by atoms with Gasteiger partial charge in [-0.15, -0.1) is 0 Å². The molecule has 0 bridgehead atoms. The van der Waals surface area contributed by atoms with E-state index in [4.69, 9.17) is 15.9 Å². The summed E-state index contributed by atoms with van der Waals surface area (Å²) >= 11 is 0. The molecule has 0 N–H and O–H groups in total. The van der Waals surface area contributed by atoms with Crippen LogP contribution in [0.25, 0.3) is 10.9 Å². The third-order valence-corrected chi connectivity index (χ3v) is 5.34. The number of hydrogen-bond donors (Lipinski definition) is 0. The predicted molar refractivity (Wildman–Crippen MR) is 76.8 cm³/mol. The zero-order valence-electron chi connectivity index (χ0n) is 11.0. The van der Waals surface area contributed by atoms with Gasteiger partial charge in [-0.2, -0.15) is 5.26 Å². The number of hydrogen-bond acceptors (Lipinski definition) is 3. The lowest BCUT2D eigenvalue weighted by molar-refractivity contribution is 0.438. The van der Waals surface area contributed by atoms with Crippen LogP contribution in [0, 0.1) is 22.6 Å². The lowest BCUT2D eigenvalue weighted by Crippen LogP contribution is -2.10. The quantitative estimate of drug-likeness (QED) is 0.809. The van der Waals surface area contributed by atoms with Gasteiger partial charge in [0.05, 0.1) is 6.07 Å². The first kappa shape index (κ1) is 14.4. The number of benzene rings is 1. The zero-order chi connectivity index (χ0) is 15.3. The molecule has 0 radical (unpaired) electrons. The molecule has 1 saturated carbocycles. The van der Waals surface area contributed by atoms with Crippen LogP contribution in [0.15, 0.2) is 29.3 Å². The van der Waals surface area contributed by atoms with Crippen molar-refractivity contribution in [3.63, 3.8) is 0 Å². The van der Waals surface area contributed by atoms with Crippen molar-refractivity contribution in [1.29, 1.82) is 5.26 Å². The number of nitrogens with zero attached hydrogens (tertiary/aromatic N) is 2. The zero-order valence-corrected chi connectivity index (χ0v) is 12.6. The van der Waals surface area contributed by atoms with Gasteiger partial charge in [-0.1, -0.05) is 0 Å². The Morgan fingerprint density at radius 2 is 2.14 bits per heavy atom. The van der Waals surface area contributed by atoms with E-state index < -0.39 is 14.9 Å². The first-order valence-corrected chi connectivity index (χ1v) is 8.76. The molecule has 7 heteroatoms. The molecule has 0 atom stereocenters. The van der Waals surface area contributed by atoms with Crippen LogP contribution in [0.5, 0.6) is 0 Å². The maximum atomic E-state index is 13.4. The molecule has 110 valence electrons. The Hall–Kier alpha value is -1.58. The summed E-state index contributed by atoms with van der Waals surface area (Å²) in [4.78, 5) is -0.0913. The first-order chi connectivity index (χ1) is 9.85. The molecule has 1 aliphatic rings. The van der Waals surface area contributed by atoms with Gasteiger partial charge in [-0.3, -0.25) is 0 Å². The molecule has 1 aromatic heterocycles. The SMILES string of the molecule is N#CCC1(Cn2cc(S(=O)(=O)Cl)c3cc(F)ccc32)CC1. The Kier molecular flexibility index (Phi) is 3.23. The van der Waals surface area contributed by atoms with E-state index in [-0.39, 0.29) is 15.7 Å². The van der Waals surface area contributed by atoms with Gasteiger partial charge < -0.3 is 4.57 Å². The molecule has 1 fully saturated rings. The van der Waals surface area contributed by atoms with Crippen LogP contribution in [0.1, 0.15) is 19.3 Å². The van der Waals surface area contributed by atoms with E-state index in [1.54, 1.807) is 10.6 Å². The van der Waals surface area contributed by atoms with Gasteiger partial charge in [0.25, 0.3) is 9.05 Å². The van der Waals surface area contributed by atoms with Crippen molar-refractivity contribution in [1.82, 2.24) is 4.57 Å². The molecule has 4 nitrogen and oxygen atoms in total. The molecule has 0 unspecified atom stereocenters. The minimum absolute atomic E-state index is 0.0913. The van der Waals surface area contributed by atoms with Gasteiger partial charge in [0.1, 0.15) is 10.7 Å². The molecule has 0 aliphatic heterocycles. The highest BCUT2D eigenvalue weighted by Gasteiger charge is 2.43. The summed E-state index contributed by atoms with van der Waals surface area (Å²) in [5, 5.41) is 9.15. The monoisotopic (exact) mass is 326 g/mol. The summed E-state index contributed by atoms with van der Waals surface area (Å²) in [5.74, 6) is -0.514. The standard InChI is InChI=1S/C14H12ClFN2O2S/c15-21(19,20)13-8-18(9-14(3-4-14)5-6-17)12-2-1-10(16)7-11(12)13/h1-2,7-8H,3-5,9H2. The van der Waals surface area contributed by atoms with Crippen LogP contribution in [0.4, 0.5) is 4.39 Å². The van der Waals surface area contributed by atoms with Gasteiger partial charge in [-0.05, 0) is 31.0 Å². The van der Waals surface area contributed by atoms with Crippen molar-refractivity contribution in [3.05, 3.63) is 30.2 Å². The summed E-state index contributed by atoms with van der Waals surface area (Å²) in [6.45, 7) is 0.537. The summed E-state index contributed by atoms with van der Waals surface area (Å²) < 4.78 is 38.5. The van der Waals surface area contributed by atoms with Crippen molar-refractivity contribution in [3.8, 4) is 6.07 Å². The van der Waals surface area contributed by atoms with Crippen LogP contribution in [-0.4, -0.2) is 13.0 Å². The first-order valence-electron chi connectivity index (χ1n) is 6.45. The molecule has 3 rings (SSSR count). The Morgan fingerprint density at radius 3 is 2.71 bits per heavy atom. The number of aromatic nitrogens is 1. The summed E-state index contributed by atoms with van der Waals surface area (Å²) in [5.41, 5.74) is 0.516. The van der Waals surface area contributed by atoms with Crippen molar-refractivity contribution in [2.24, 2.45) is 5.41 Å². The molecule has 21 heavy (non-hydrogen) atoms. The van der Waals surface area contributed by atoms with Crippen LogP contribution >= 0.6 is 10.7 Å². The van der Waals surface area contributed by atoms with Crippen LogP contribution in [-0.2, 0) is 15.6 Å². The van der Waals surface area contributed by atoms with Crippen LogP contribution < -0.4 is 0 Å². The summed E-state index contributed by atoms with van der Waals surface area (Å²) in [6.07, 6.45) is 3.73. The average molecular weight is 327 g/mol. The molecule has 2 aromatic rings. The number of nitriles is 1. The summed E-state index contributed by atoms with van der Waals surface area (Å²) in [6, 6.07) is 6.16. The lowest BCUT2D eigenvalue weighted by Gasteiger charge is -2.13. The highest BCUT2D eigenvalue weighted by Crippen LogP contribution is 2.50. The fraction of sp³-hybridized carbons (Fsp3) is 0.357.